The Balaban J connectivity index is 1.60. The summed E-state index contributed by atoms with van der Waals surface area (Å²) in [7, 11) is 1.66. The number of anilines is 1. The highest BCUT2D eigenvalue weighted by Gasteiger charge is 2.27. The van der Waals surface area contributed by atoms with Crippen molar-refractivity contribution in [2.45, 2.75) is 12.5 Å². The number of hydrogen-bond acceptors (Lipinski definition) is 4. The zero-order chi connectivity index (χ0) is 16.2. The van der Waals surface area contributed by atoms with Crippen molar-refractivity contribution in [1.29, 1.82) is 0 Å². The van der Waals surface area contributed by atoms with E-state index in [0.29, 0.717) is 5.02 Å². The van der Waals surface area contributed by atoms with Crippen molar-refractivity contribution in [3.8, 4) is 5.75 Å². The van der Waals surface area contributed by atoms with Crippen LogP contribution in [0.3, 0.4) is 0 Å². The fourth-order valence-electron chi connectivity index (χ4n) is 3.04. The number of rotatable bonds is 3. The van der Waals surface area contributed by atoms with Gasteiger partial charge in [-0.1, -0.05) is 11.6 Å². The van der Waals surface area contributed by atoms with Gasteiger partial charge in [-0.15, -0.1) is 0 Å². The molecule has 0 spiro atoms. The molecule has 5 nitrogen and oxygen atoms in total. The van der Waals surface area contributed by atoms with Gasteiger partial charge in [-0.2, -0.15) is 11.8 Å². The van der Waals surface area contributed by atoms with Gasteiger partial charge in [0.1, 0.15) is 5.75 Å². The van der Waals surface area contributed by atoms with Gasteiger partial charge < -0.3 is 19.9 Å². The molecule has 3 rings (SSSR count). The minimum absolute atomic E-state index is 0.0650. The summed E-state index contributed by atoms with van der Waals surface area (Å²) in [5, 5.41) is 3.86. The van der Waals surface area contributed by atoms with Crippen LogP contribution in [0.15, 0.2) is 18.2 Å². The van der Waals surface area contributed by atoms with Gasteiger partial charge in [0, 0.05) is 48.7 Å². The number of urea groups is 1. The minimum Gasteiger partial charge on any atom is -0.495 e. The molecule has 0 saturated carbocycles. The first-order chi connectivity index (χ1) is 11.2. The van der Waals surface area contributed by atoms with E-state index in [1.165, 1.54) is 0 Å². The van der Waals surface area contributed by atoms with Crippen molar-refractivity contribution in [2.75, 3.05) is 49.7 Å². The third-order valence-corrected chi connectivity index (χ3v) is 5.47. The smallest absolute Gasteiger partial charge is 0.317 e. The molecule has 1 atom stereocenters. The zero-order valence-corrected chi connectivity index (χ0v) is 14.8. The molecule has 1 unspecified atom stereocenters. The second kappa shape index (κ2) is 7.53. The minimum atomic E-state index is 0.0650. The first kappa shape index (κ1) is 16.6. The lowest BCUT2D eigenvalue weighted by Gasteiger charge is -2.28. The number of amides is 2. The van der Waals surface area contributed by atoms with E-state index in [4.69, 9.17) is 16.3 Å². The van der Waals surface area contributed by atoms with Gasteiger partial charge in [-0.05, 0) is 24.6 Å². The molecule has 7 heteroatoms. The average molecular weight is 356 g/mol. The molecule has 1 N–H and O–H groups in total. The molecule has 2 amide bonds. The van der Waals surface area contributed by atoms with Gasteiger partial charge in [0.25, 0.3) is 0 Å². The van der Waals surface area contributed by atoms with E-state index in [1.54, 1.807) is 7.11 Å². The summed E-state index contributed by atoms with van der Waals surface area (Å²) in [6.45, 7) is 3.35. The van der Waals surface area contributed by atoms with E-state index in [1.807, 2.05) is 34.9 Å². The number of carbonyl (C=O) groups excluding carboxylic acids is 1. The average Bonchev–Trinajstić information content (AvgIpc) is 3.04. The van der Waals surface area contributed by atoms with Crippen LogP contribution in [-0.2, 0) is 0 Å². The van der Waals surface area contributed by atoms with E-state index in [-0.39, 0.29) is 12.1 Å². The molecule has 1 aromatic carbocycles. The first-order valence-electron chi connectivity index (χ1n) is 7.89. The third kappa shape index (κ3) is 3.98. The molecule has 0 bridgehead atoms. The molecule has 23 heavy (non-hydrogen) atoms. The fraction of sp³-hybridized carbons (Fsp3) is 0.562. The predicted octanol–water partition coefficient (Wildman–Crippen LogP) is 2.69. The molecule has 2 aliphatic heterocycles. The monoisotopic (exact) mass is 355 g/mol. The molecule has 0 radical (unpaired) electrons. The lowest BCUT2D eigenvalue weighted by atomic mass is 10.2. The summed E-state index contributed by atoms with van der Waals surface area (Å²) in [5.74, 6) is 2.88. The van der Waals surface area contributed by atoms with Crippen molar-refractivity contribution in [3.63, 3.8) is 0 Å². The van der Waals surface area contributed by atoms with Gasteiger partial charge in [0.15, 0.2) is 0 Å². The first-order valence-corrected chi connectivity index (χ1v) is 9.42. The molecular formula is C16H22ClN3O2S. The lowest BCUT2D eigenvalue weighted by Crippen LogP contribution is -2.48. The fourth-order valence-corrected chi connectivity index (χ4v) is 4.11. The number of methoxy groups -OCH3 is 1. The molecule has 2 aliphatic rings. The maximum Gasteiger partial charge on any atom is 0.317 e. The van der Waals surface area contributed by atoms with E-state index in [2.05, 4.69) is 10.2 Å². The molecule has 0 aromatic heterocycles. The second-order valence-electron chi connectivity index (χ2n) is 5.80. The normalized spacial score (nSPS) is 21.4. The van der Waals surface area contributed by atoms with Crippen LogP contribution in [0.4, 0.5) is 10.5 Å². The summed E-state index contributed by atoms with van der Waals surface area (Å²) in [6, 6.07) is 5.87. The number of ether oxygens (including phenoxy) is 1. The highest BCUT2D eigenvalue weighted by Crippen LogP contribution is 2.33. The largest absolute Gasteiger partial charge is 0.495 e. The van der Waals surface area contributed by atoms with Crippen LogP contribution in [-0.4, -0.2) is 61.8 Å². The number of halogens is 1. The molecule has 2 fully saturated rings. The number of carbonyl (C=O) groups is 1. The van der Waals surface area contributed by atoms with Crippen LogP contribution < -0.4 is 15.0 Å². The summed E-state index contributed by atoms with van der Waals surface area (Å²) < 4.78 is 5.43. The number of nitrogens with one attached hydrogen (secondary N) is 1. The number of hydrogen-bond donors (Lipinski definition) is 1. The van der Waals surface area contributed by atoms with Crippen molar-refractivity contribution < 1.29 is 9.53 Å². The van der Waals surface area contributed by atoms with Crippen LogP contribution in [0.5, 0.6) is 5.75 Å². The van der Waals surface area contributed by atoms with E-state index in [0.717, 1.165) is 55.5 Å². The Labute approximate surface area is 146 Å². The van der Waals surface area contributed by atoms with Crippen LogP contribution in [0.25, 0.3) is 0 Å². The van der Waals surface area contributed by atoms with E-state index in [9.17, 15) is 4.79 Å². The third-order valence-electron chi connectivity index (χ3n) is 4.30. The molecule has 2 heterocycles. The number of thioether (sulfide) groups is 1. The van der Waals surface area contributed by atoms with Crippen LogP contribution in [0.2, 0.25) is 5.02 Å². The van der Waals surface area contributed by atoms with Gasteiger partial charge in [0.2, 0.25) is 0 Å². The highest BCUT2D eigenvalue weighted by atomic mass is 35.5. The number of nitrogens with zero attached hydrogens (tertiary/aromatic N) is 2. The van der Waals surface area contributed by atoms with Gasteiger partial charge in [0.05, 0.1) is 12.8 Å². The Hall–Kier alpha value is -1.27. The quantitative estimate of drug-likeness (QED) is 0.905. The molecule has 126 valence electrons. The van der Waals surface area contributed by atoms with Gasteiger partial charge in [-0.25, -0.2) is 4.79 Å². The van der Waals surface area contributed by atoms with Crippen molar-refractivity contribution in [3.05, 3.63) is 23.2 Å². The maximum absolute atomic E-state index is 12.3. The zero-order valence-electron chi connectivity index (χ0n) is 13.3. The van der Waals surface area contributed by atoms with Crippen molar-refractivity contribution in [1.82, 2.24) is 10.2 Å². The van der Waals surface area contributed by atoms with Crippen LogP contribution in [0.1, 0.15) is 6.42 Å². The Morgan fingerprint density at radius 2 is 2.13 bits per heavy atom. The maximum atomic E-state index is 12.3. The second-order valence-corrected chi connectivity index (χ2v) is 7.46. The van der Waals surface area contributed by atoms with E-state index < -0.39 is 0 Å². The van der Waals surface area contributed by atoms with Gasteiger partial charge in [-0.3, -0.25) is 0 Å². The molecule has 0 aliphatic carbocycles. The Kier molecular flexibility index (Phi) is 5.43. The predicted molar refractivity (Wildman–Crippen MR) is 96.1 cm³/mol. The molecular weight excluding hydrogens is 334 g/mol. The van der Waals surface area contributed by atoms with Crippen molar-refractivity contribution >= 4 is 35.1 Å². The van der Waals surface area contributed by atoms with Crippen LogP contribution in [0, 0.1) is 0 Å². The van der Waals surface area contributed by atoms with E-state index >= 15 is 0 Å². The van der Waals surface area contributed by atoms with Crippen LogP contribution >= 0.6 is 23.4 Å². The molecule has 1 aromatic rings. The Bertz CT molecular complexity index is 566. The van der Waals surface area contributed by atoms with Crippen molar-refractivity contribution in [2.24, 2.45) is 0 Å². The Morgan fingerprint density at radius 1 is 1.35 bits per heavy atom. The summed E-state index contributed by atoms with van der Waals surface area (Å²) in [6.07, 6.45) is 0.935. The summed E-state index contributed by atoms with van der Waals surface area (Å²) >= 11 is 8.02. The Morgan fingerprint density at radius 3 is 2.87 bits per heavy atom. The highest BCUT2D eigenvalue weighted by molar-refractivity contribution is 7.99. The number of benzene rings is 1. The summed E-state index contributed by atoms with van der Waals surface area (Å²) in [5.41, 5.74) is 0.992. The summed E-state index contributed by atoms with van der Waals surface area (Å²) in [4.78, 5) is 16.5. The lowest BCUT2D eigenvalue weighted by molar-refractivity contribution is 0.199. The topological polar surface area (TPSA) is 44.8 Å². The molecule has 2 saturated heterocycles. The SMILES string of the molecule is COc1ccc(Cl)cc1N1CCC(NC(=O)N2CCSCC2)C1. The standard InChI is InChI=1S/C16H22ClN3O2S/c1-22-15-3-2-12(17)10-14(15)20-5-4-13(11-20)18-16(21)19-6-8-23-9-7-19/h2-3,10,13H,4-9,11H2,1H3,(H,18,21). The van der Waals surface area contributed by atoms with Gasteiger partial charge >= 0.3 is 6.03 Å².